The van der Waals surface area contributed by atoms with E-state index >= 15 is 0 Å². The molecular formula is C38H72O12Si. The Morgan fingerprint density at radius 2 is 1.71 bits per heavy atom. The first-order valence-corrected chi connectivity index (χ1v) is 21.5. The Morgan fingerprint density at radius 1 is 1.06 bits per heavy atom. The highest BCUT2D eigenvalue weighted by Gasteiger charge is 2.64. The Labute approximate surface area is 309 Å². The molecule has 12 nitrogen and oxygen atoms in total. The minimum absolute atomic E-state index is 0.131. The summed E-state index contributed by atoms with van der Waals surface area (Å²) in [6, 6.07) is 0. The summed E-state index contributed by atoms with van der Waals surface area (Å²) >= 11 is 0. The Bertz CT molecular complexity index is 1090. The second-order valence-electron chi connectivity index (χ2n) is 16.6. The molecular weight excluding hydrogens is 676 g/mol. The van der Waals surface area contributed by atoms with Gasteiger partial charge in [0.25, 0.3) is 0 Å². The summed E-state index contributed by atoms with van der Waals surface area (Å²) in [5.74, 6) is -2.32. The molecule has 0 aromatic heterocycles. The van der Waals surface area contributed by atoms with Gasteiger partial charge in [-0.25, -0.2) is 4.79 Å². The van der Waals surface area contributed by atoms with Crippen LogP contribution in [0.4, 0.5) is 0 Å². The summed E-state index contributed by atoms with van der Waals surface area (Å²) in [7, 11) is 4.33. The molecule has 11 atom stereocenters. The molecule has 0 bridgehead atoms. The van der Waals surface area contributed by atoms with Crippen molar-refractivity contribution in [1.29, 1.82) is 0 Å². The van der Waals surface area contributed by atoms with E-state index in [4.69, 9.17) is 42.3 Å². The summed E-state index contributed by atoms with van der Waals surface area (Å²) < 4.78 is 54.7. The van der Waals surface area contributed by atoms with Gasteiger partial charge in [0.05, 0.1) is 36.6 Å². The van der Waals surface area contributed by atoms with Gasteiger partial charge >= 0.3 is 5.97 Å². The number of ether oxygens (including phenoxy) is 8. The van der Waals surface area contributed by atoms with Gasteiger partial charge in [-0.3, -0.25) is 0 Å². The van der Waals surface area contributed by atoms with Crippen LogP contribution in [0.3, 0.4) is 0 Å². The van der Waals surface area contributed by atoms with Crippen molar-refractivity contribution >= 4 is 14.3 Å². The van der Waals surface area contributed by atoms with Crippen LogP contribution in [0.25, 0.3) is 0 Å². The fourth-order valence-corrected chi connectivity index (χ4v) is 8.24. The number of carboxylic acid groups (broad SMARTS) is 1. The summed E-state index contributed by atoms with van der Waals surface area (Å²) in [6.07, 6.45) is -0.140. The standard InChI is InChI=1S/C38H72O12Si/c1-16-27(22-47-51(14,15)36(5,6)7)17-24(2)30(39)18-28(43-11)21-33-37(8,9)38(49-26(4)48-33)25(3)31(44-12)19-29(50-38)20-32(45-13)34(35(40)41)46-23-42-10/h17,25-34,39H,16,18-23H2,1-15H3,(H,40,41)/b24-17-/t25-,26+,27?,28+,29-,30-,31-,32-,33?,34+,38?/m0/s1. The summed E-state index contributed by atoms with van der Waals surface area (Å²) in [5, 5.41) is 21.4. The van der Waals surface area contributed by atoms with Crippen LogP contribution in [0, 0.1) is 17.3 Å². The minimum atomic E-state index is -1.89. The van der Waals surface area contributed by atoms with E-state index in [1.807, 2.05) is 13.8 Å². The fraction of sp³-hybridized carbons (Fsp3) is 0.921. The smallest absolute Gasteiger partial charge is 0.335 e. The Kier molecular flexibility index (Phi) is 17.7. The van der Waals surface area contributed by atoms with E-state index in [0.717, 1.165) is 12.0 Å². The maximum Gasteiger partial charge on any atom is 0.335 e. The van der Waals surface area contributed by atoms with Crippen LogP contribution in [0.2, 0.25) is 18.1 Å². The van der Waals surface area contributed by atoms with Gasteiger partial charge in [-0.1, -0.05) is 54.5 Å². The van der Waals surface area contributed by atoms with E-state index in [2.05, 4.69) is 67.6 Å². The number of aliphatic carboxylic acids is 1. The maximum atomic E-state index is 12.1. The summed E-state index contributed by atoms with van der Waals surface area (Å²) in [5.41, 5.74) is 0.174. The van der Waals surface area contributed by atoms with Gasteiger partial charge in [-0.15, -0.1) is 0 Å². The van der Waals surface area contributed by atoms with Crippen molar-refractivity contribution in [3.05, 3.63) is 11.6 Å². The highest BCUT2D eigenvalue weighted by molar-refractivity contribution is 6.74. The molecule has 0 aliphatic carbocycles. The van der Waals surface area contributed by atoms with Crippen LogP contribution < -0.4 is 0 Å². The topological polar surface area (TPSA) is 141 Å². The van der Waals surface area contributed by atoms with Crippen molar-refractivity contribution in [2.24, 2.45) is 17.3 Å². The van der Waals surface area contributed by atoms with E-state index in [0.29, 0.717) is 25.9 Å². The Hall–Kier alpha value is -0.973. The molecule has 0 amide bonds. The van der Waals surface area contributed by atoms with Gasteiger partial charge in [0.15, 0.2) is 26.5 Å². The number of carbonyl (C=O) groups is 1. The molecule has 0 saturated carbocycles. The van der Waals surface area contributed by atoms with Gasteiger partial charge in [0, 0.05) is 72.1 Å². The molecule has 0 aromatic rings. The zero-order valence-corrected chi connectivity index (χ0v) is 35.3. The fourth-order valence-electron chi connectivity index (χ4n) is 7.17. The van der Waals surface area contributed by atoms with E-state index in [1.165, 1.54) is 14.2 Å². The van der Waals surface area contributed by atoms with E-state index in [-0.39, 0.29) is 48.4 Å². The highest BCUT2D eigenvalue weighted by atomic mass is 28.4. The molecule has 51 heavy (non-hydrogen) atoms. The zero-order valence-electron chi connectivity index (χ0n) is 34.3. The molecule has 2 rings (SSSR count). The molecule has 0 aromatic carbocycles. The number of hydrogen-bond acceptors (Lipinski definition) is 11. The third kappa shape index (κ3) is 11.5. The summed E-state index contributed by atoms with van der Waals surface area (Å²) in [6.45, 7) is 23.9. The molecule has 2 fully saturated rings. The molecule has 2 N–H and O–H groups in total. The van der Waals surface area contributed by atoms with Crippen LogP contribution in [-0.4, -0.2) is 121 Å². The lowest BCUT2D eigenvalue weighted by Crippen LogP contribution is -2.70. The minimum Gasteiger partial charge on any atom is -0.479 e. The van der Waals surface area contributed by atoms with Crippen molar-refractivity contribution in [1.82, 2.24) is 0 Å². The monoisotopic (exact) mass is 748 g/mol. The molecule has 3 unspecified atom stereocenters. The number of aliphatic hydroxyl groups is 1. The number of carboxylic acids is 1. The lowest BCUT2D eigenvalue weighted by atomic mass is 9.66. The molecule has 1 spiro atoms. The van der Waals surface area contributed by atoms with E-state index < -0.39 is 56.2 Å². The number of aliphatic hydroxyl groups excluding tert-OH is 1. The Balaban J connectivity index is 2.30. The molecule has 2 aliphatic heterocycles. The van der Waals surface area contributed by atoms with Crippen molar-refractivity contribution in [2.75, 3.05) is 41.8 Å². The molecule has 300 valence electrons. The normalized spacial score (nSPS) is 30.5. The first kappa shape index (κ1) is 46.2. The van der Waals surface area contributed by atoms with E-state index in [9.17, 15) is 15.0 Å². The van der Waals surface area contributed by atoms with Gasteiger partial charge < -0.3 is 52.5 Å². The quantitative estimate of drug-likeness (QED) is 0.0794. The second-order valence-corrected chi connectivity index (χ2v) is 21.4. The highest BCUT2D eigenvalue weighted by Crippen LogP contribution is 2.55. The van der Waals surface area contributed by atoms with Gasteiger partial charge in [0.1, 0.15) is 6.79 Å². The third-order valence-corrected chi connectivity index (χ3v) is 16.3. The molecule has 2 saturated heterocycles. The first-order chi connectivity index (χ1) is 23.6. The lowest BCUT2D eigenvalue weighted by molar-refractivity contribution is -0.454. The third-order valence-electron chi connectivity index (χ3n) is 11.8. The van der Waals surface area contributed by atoms with Crippen molar-refractivity contribution in [2.45, 2.75) is 167 Å². The number of rotatable bonds is 20. The SMILES string of the molecule is CCC(/C=C(/C)[C@@H](O)C[C@H](CC1O[C@@H](C)OC2(O[C@H](C[C@H](OC)[C@@H](OCOC)C(=O)O)C[C@H](OC)[C@@H]2C)C1(C)C)OC)CO[Si](C)(C)C(C)(C)C. The lowest BCUT2D eigenvalue weighted by Gasteiger charge is -2.61. The van der Waals surface area contributed by atoms with Crippen molar-refractivity contribution in [3.8, 4) is 0 Å². The molecule has 13 heteroatoms. The van der Waals surface area contributed by atoms with Crippen molar-refractivity contribution in [3.63, 3.8) is 0 Å². The molecule has 2 heterocycles. The van der Waals surface area contributed by atoms with Crippen molar-refractivity contribution < 1.29 is 57.3 Å². The predicted molar refractivity (Wildman–Crippen MR) is 198 cm³/mol. The average molecular weight is 749 g/mol. The van der Waals surface area contributed by atoms with Crippen LogP contribution >= 0.6 is 0 Å². The van der Waals surface area contributed by atoms with Gasteiger partial charge in [-0.05, 0) is 49.9 Å². The Morgan fingerprint density at radius 3 is 2.22 bits per heavy atom. The van der Waals surface area contributed by atoms with Crippen LogP contribution in [0.5, 0.6) is 0 Å². The largest absolute Gasteiger partial charge is 0.479 e. The first-order valence-electron chi connectivity index (χ1n) is 18.6. The maximum absolute atomic E-state index is 12.1. The second kappa shape index (κ2) is 19.6. The van der Waals surface area contributed by atoms with E-state index in [1.54, 1.807) is 14.2 Å². The predicted octanol–water partition coefficient (Wildman–Crippen LogP) is 6.54. The van der Waals surface area contributed by atoms with Crippen LogP contribution in [0.15, 0.2) is 11.6 Å². The summed E-state index contributed by atoms with van der Waals surface area (Å²) in [4.78, 5) is 12.1. The van der Waals surface area contributed by atoms with Crippen LogP contribution in [0.1, 0.15) is 94.4 Å². The molecule has 0 radical (unpaired) electrons. The van der Waals surface area contributed by atoms with Crippen LogP contribution in [-0.2, 0) is 47.1 Å². The average Bonchev–Trinajstić information content (AvgIpc) is 3.05. The van der Waals surface area contributed by atoms with Gasteiger partial charge in [0.2, 0.25) is 0 Å². The number of methoxy groups -OCH3 is 4. The zero-order chi connectivity index (χ0) is 38.9. The number of hydrogen-bond donors (Lipinski definition) is 2. The van der Waals surface area contributed by atoms with Gasteiger partial charge in [-0.2, -0.15) is 0 Å². The molecule has 2 aliphatic rings.